The number of hydrogen-bond donors (Lipinski definition) is 0. The fourth-order valence-electron chi connectivity index (χ4n) is 3.27. The molecule has 25 heavy (non-hydrogen) atoms. The normalized spacial score (nSPS) is 18.4. The minimum absolute atomic E-state index is 0.244. The van der Waals surface area contributed by atoms with E-state index in [1.54, 1.807) is 31.0 Å². The molecular weight excluding hydrogens is 319 g/mol. The summed E-state index contributed by atoms with van der Waals surface area (Å²) in [5, 5.41) is 0. The van der Waals surface area contributed by atoms with Gasteiger partial charge in [-0.15, -0.1) is 0 Å². The van der Waals surface area contributed by atoms with E-state index in [0.29, 0.717) is 12.2 Å². The van der Waals surface area contributed by atoms with Crippen LogP contribution in [-0.4, -0.2) is 42.5 Å². The molecule has 0 aliphatic carbocycles. The summed E-state index contributed by atoms with van der Waals surface area (Å²) in [7, 11) is 0. The van der Waals surface area contributed by atoms with E-state index >= 15 is 0 Å². The number of hydrogen-bond acceptors (Lipinski definition) is 5. The molecule has 1 atom stereocenters. The highest BCUT2D eigenvalue weighted by Crippen LogP contribution is 2.26. The Hall–Kier alpha value is -2.67. The predicted octanol–water partition coefficient (Wildman–Crippen LogP) is 2.58. The Morgan fingerprint density at radius 3 is 3.00 bits per heavy atom. The minimum Gasteiger partial charge on any atom is -0.297 e. The van der Waals surface area contributed by atoms with Gasteiger partial charge in [0.2, 0.25) is 0 Å². The lowest BCUT2D eigenvalue weighted by atomic mass is 9.95. The van der Waals surface area contributed by atoms with Gasteiger partial charge in [0.15, 0.2) is 5.82 Å². The van der Waals surface area contributed by atoms with Crippen LogP contribution in [0.1, 0.15) is 30.1 Å². The fraction of sp³-hybridized carbons (Fsp3) is 0.333. The Bertz CT molecular complexity index is 835. The molecule has 4 rings (SSSR count). The van der Waals surface area contributed by atoms with E-state index in [0.717, 1.165) is 37.4 Å². The highest BCUT2D eigenvalue weighted by molar-refractivity contribution is 5.21. The molecule has 0 radical (unpaired) electrons. The lowest BCUT2D eigenvalue weighted by Crippen LogP contribution is -2.34. The third kappa shape index (κ3) is 3.56. The maximum Gasteiger partial charge on any atom is 0.156 e. The van der Waals surface area contributed by atoms with Crippen molar-refractivity contribution in [1.82, 2.24) is 29.4 Å². The number of imidazole rings is 1. The molecule has 0 N–H and O–H groups in total. The van der Waals surface area contributed by atoms with E-state index in [1.807, 2.05) is 17.0 Å². The van der Waals surface area contributed by atoms with Gasteiger partial charge in [0.1, 0.15) is 12.1 Å². The highest BCUT2D eigenvalue weighted by atomic mass is 19.1. The average molecular weight is 338 g/mol. The number of nitrogens with zero attached hydrogens (tertiary/aromatic N) is 6. The number of pyridine rings is 1. The topological polar surface area (TPSA) is 59.7 Å². The first-order chi connectivity index (χ1) is 12.3. The number of likely N-dealkylation sites (tertiary alicyclic amines) is 1. The van der Waals surface area contributed by atoms with Crippen molar-refractivity contribution >= 4 is 0 Å². The van der Waals surface area contributed by atoms with Crippen LogP contribution in [0.4, 0.5) is 4.39 Å². The van der Waals surface area contributed by atoms with Crippen LogP contribution in [-0.2, 0) is 6.54 Å². The molecular formula is C18H19FN6. The molecule has 3 aromatic rings. The van der Waals surface area contributed by atoms with Crippen molar-refractivity contribution in [2.75, 3.05) is 13.1 Å². The van der Waals surface area contributed by atoms with Gasteiger partial charge in [0.25, 0.3) is 0 Å². The van der Waals surface area contributed by atoms with Crippen LogP contribution in [0.3, 0.4) is 0 Å². The Balaban J connectivity index is 1.50. The molecule has 1 aliphatic heterocycles. The molecule has 4 heterocycles. The van der Waals surface area contributed by atoms with Crippen LogP contribution in [0, 0.1) is 5.82 Å². The molecule has 6 nitrogen and oxygen atoms in total. The van der Waals surface area contributed by atoms with Crippen LogP contribution in [0.25, 0.3) is 5.82 Å². The second-order valence-electron chi connectivity index (χ2n) is 6.28. The van der Waals surface area contributed by atoms with Gasteiger partial charge in [-0.05, 0) is 31.5 Å². The van der Waals surface area contributed by atoms with Gasteiger partial charge in [-0.3, -0.25) is 19.4 Å². The van der Waals surface area contributed by atoms with Gasteiger partial charge in [0.05, 0.1) is 17.6 Å². The Kier molecular flexibility index (Phi) is 4.47. The molecule has 0 amide bonds. The number of rotatable bonds is 4. The van der Waals surface area contributed by atoms with Gasteiger partial charge >= 0.3 is 0 Å². The largest absolute Gasteiger partial charge is 0.297 e. The van der Waals surface area contributed by atoms with Crippen molar-refractivity contribution in [2.45, 2.75) is 25.3 Å². The molecule has 0 aromatic carbocycles. The zero-order valence-electron chi connectivity index (χ0n) is 13.8. The second-order valence-corrected chi connectivity index (χ2v) is 6.28. The first kappa shape index (κ1) is 15.8. The number of aromatic nitrogens is 5. The lowest BCUT2D eigenvalue weighted by molar-refractivity contribution is 0.194. The summed E-state index contributed by atoms with van der Waals surface area (Å²) in [6, 6.07) is 3.08. The van der Waals surface area contributed by atoms with Crippen LogP contribution in [0.15, 0.2) is 49.4 Å². The minimum atomic E-state index is -0.244. The van der Waals surface area contributed by atoms with Crippen LogP contribution >= 0.6 is 0 Å². The average Bonchev–Trinajstić information content (AvgIpc) is 3.19. The van der Waals surface area contributed by atoms with E-state index in [9.17, 15) is 4.39 Å². The lowest BCUT2D eigenvalue weighted by Gasteiger charge is -2.32. The quantitative estimate of drug-likeness (QED) is 0.732. The standard InChI is InChI=1S/C18H19FN6/c19-15-4-1-5-22-17(15)12-24-7-2-3-14(11-24)16-9-21-10-18(23-16)25-8-6-20-13-25/h1,4-6,8-10,13-14H,2-3,7,11-12H2/t14-/m0/s1. The fourth-order valence-corrected chi connectivity index (χ4v) is 3.27. The molecule has 0 unspecified atom stereocenters. The Morgan fingerprint density at radius 1 is 1.20 bits per heavy atom. The Morgan fingerprint density at radius 2 is 2.16 bits per heavy atom. The molecule has 0 saturated carbocycles. The van der Waals surface area contributed by atoms with Gasteiger partial charge < -0.3 is 0 Å². The SMILES string of the molecule is Fc1cccnc1CN1CCC[C@H](c2cncc(-n3ccnc3)n2)C1. The maximum atomic E-state index is 13.9. The van der Waals surface area contributed by atoms with Crippen LogP contribution < -0.4 is 0 Å². The molecule has 1 fully saturated rings. The molecule has 7 heteroatoms. The maximum absolute atomic E-state index is 13.9. The smallest absolute Gasteiger partial charge is 0.156 e. The summed E-state index contributed by atoms with van der Waals surface area (Å²) in [4.78, 5) is 19.5. The van der Waals surface area contributed by atoms with Gasteiger partial charge in [-0.1, -0.05) is 0 Å². The van der Waals surface area contributed by atoms with Crippen LogP contribution in [0.5, 0.6) is 0 Å². The van der Waals surface area contributed by atoms with E-state index in [-0.39, 0.29) is 11.7 Å². The molecule has 1 aliphatic rings. The van der Waals surface area contributed by atoms with E-state index < -0.39 is 0 Å². The summed E-state index contributed by atoms with van der Waals surface area (Å²) in [6.45, 7) is 2.30. The van der Waals surface area contributed by atoms with Crippen molar-refractivity contribution in [3.8, 4) is 5.82 Å². The predicted molar refractivity (Wildman–Crippen MR) is 90.6 cm³/mol. The third-order valence-electron chi connectivity index (χ3n) is 4.54. The summed E-state index contributed by atoms with van der Waals surface area (Å²) in [5.41, 5.74) is 1.47. The van der Waals surface area contributed by atoms with E-state index in [1.165, 1.54) is 6.07 Å². The molecule has 0 spiro atoms. The van der Waals surface area contributed by atoms with Crippen molar-refractivity contribution in [1.29, 1.82) is 0 Å². The summed E-state index contributed by atoms with van der Waals surface area (Å²) in [6.07, 6.45) is 12.6. The van der Waals surface area contributed by atoms with E-state index in [2.05, 4.69) is 19.9 Å². The van der Waals surface area contributed by atoms with E-state index in [4.69, 9.17) is 4.98 Å². The molecule has 0 bridgehead atoms. The van der Waals surface area contributed by atoms with Gasteiger partial charge in [-0.2, -0.15) is 0 Å². The van der Waals surface area contributed by atoms with Crippen molar-refractivity contribution in [3.63, 3.8) is 0 Å². The second kappa shape index (κ2) is 7.06. The number of piperidine rings is 1. The van der Waals surface area contributed by atoms with Crippen LogP contribution in [0.2, 0.25) is 0 Å². The zero-order valence-corrected chi connectivity index (χ0v) is 13.8. The first-order valence-electron chi connectivity index (χ1n) is 8.41. The molecule has 1 saturated heterocycles. The highest BCUT2D eigenvalue weighted by Gasteiger charge is 2.24. The molecule has 3 aromatic heterocycles. The summed E-state index contributed by atoms with van der Waals surface area (Å²) >= 11 is 0. The number of halogens is 1. The van der Waals surface area contributed by atoms with Crippen molar-refractivity contribution in [2.24, 2.45) is 0 Å². The Labute approximate surface area is 145 Å². The summed E-state index contributed by atoms with van der Waals surface area (Å²) in [5.74, 6) is 0.811. The third-order valence-corrected chi connectivity index (χ3v) is 4.54. The van der Waals surface area contributed by atoms with Gasteiger partial charge in [-0.25, -0.2) is 14.4 Å². The monoisotopic (exact) mass is 338 g/mol. The summed E-state index contributed by atoms with van der Waals surface area (Å²) < 4.78 is 15.7. The van der Waals surface area contributed by atoms with Crippen molar-refractivity contribution in [3.05, 3.63) is 66.6 Å². The first-order valence-corrected chi connectivity index (χ1v) is 8.41. The molecule has 128 valence electrons. The van der Waals surface area contributed by atoms with Gasteiger partial charge in [0, 0.05) is 43.8 Å². The van der Waals surface area contributed by atoms with Crippen molar-refractivity contribution < 1.29 is 4.39 Å². The zero-order chi connectivity index (χ0) is 17.1.